The van der Waals surface area contributed by atoms with Crippen LogP contribution in [-0.2, 0) is 0 Å². The standard InChI is InChI=1S/C24H19FN2O2S/c25-19-12-5-7-14-21(19)27-23(29)18-11-4-6-13-20(18)26-24(27)30-16-8-15-22(28)17-9-2-1-3-10-17/h1-7,9-14H,8,15-16H2. The predicted molar refractivity (Wildman–Crippen MR) is 118 cm³/mol. The third-order valence-corrected chi connectivity index (χ3v) is 5.74. The van der Waals surface area contributed by atoms with Crippen LogP contribution >= 0.6 is 11.8 Å². The molecule has 4 aromatic rings. The minimum atomic E-state index is -0.488. The molecule has 0 saturated heterocycles. The van der Waals surface area contributed by atoms with Gasteiger partial charge in [0.2, 0.25) is 0 Å². The summed E-state index contributed by atoms with van der Waals surface area (Å²) in [6.45, 7) is 0. The molecule has 4 nitrogen and oxygen atoms in total. The fourth-order valence-electron chi connectivity index (χ4n) is 3.22. The second-order valence-corrected chi connectivity index (χ2v) is 7.81. The van der Waals surface area contributed by atoms with E-state index in [9.17, 15) is 14.0 Å². The smallest absolute Gasteiger partial charge is 0.266 e. The van der Waals surface area contributed by atoms with E-state index in [0.717, 1.165) is 0 Å². The van der Waals surface area contributed by atoms with Crippen LogP contribution in [0.1, 0.15) is 23.2 Å². The Balaban J connectivity index is 1.60. The number of rotatable bonds is 7. The van der Waals surface area contributed by atoms with Crippen LogP contribution in [0.2, 0.25) is 0 Å². The SMILES string of the molecule is O=C(CCCSc1nc2ccccc2c(=O)n1-c1ccccc1F)c1ccccc1. The molecule has 0 amide bonds. The number of nitrogens with zero attached hydrogens (tertiary/aromatic N) is 2. The largest absolute Gasteiger partial charge is 0.294 e. The van der Waals surface area contributed by atoms with Crippen LogP contribution in [0.4, 0.5) is 4.39 Å². The van der Waals surface area contributed by atoms with Crippen LogP contribution in [0.25, 0.3) is 16.6 Å². The summed E-state index contributed by atoms with van der Waals surface area (Å²) in [4.78, 5) is 30.0. The summed E-state index contributed by atoms with van der Waals surface area (Å²) in [6, 6.07) is 22.4. The van der Waals surface area contributed by atoms with Gasteiger partial charge in [0, 0.05) is 17.7 Å². The number of carbonyl (C=O) groups excluding carboxylic acids is 1. The van der Waals surface area contributed by atoms with Crippen molar-refractivity contribution in [1.29, 1.82) is 0 Å². The van der Waals surface area contributed by atoms with Crippen LogP contribution in [-0.4, -0.2) is 21.1 Å². The van der Waals surface area contributed by atoms with Crippen molar-refractivity contribution in [3.8, 4) is 5.69 Å². The van der Waals surface area contributed by atoms with Gasteiger partial charge >= 0.3 is 0 Å². The number of hydrogen-bond donors (Lipinski definition) is 0. The van der Waals surface area contributed by atoms with E-state index in [0.29, 0.717) is 40.2 Å². The van der Waals surface area contributed by atoms with Gasteiger partial charge in [-0.15, -0.1) is 0 Å². The van der Waals surface area contributed by atoms with Gasteiger partial charge in [-0.1, -0.05) is 66.4 Å². The van der Waals surface area contributed by atoms with Crippen molar-refractivity contribution in [2.75, 3.05) is 5.75 Å². The third-order valence-electron chi connectivity index (χ3n) is 4.71. The molecule has 0 aliphatic heterocycles. The Labute approximate surface area is 177 Å². The number of benzene rings is 3. The molecule has 0 fully saturated rings. The summed E-state index contributed by atoms with van der Waals surface area (Å²) in [5.74, 6) is 0.171. The van der Waals surface area contributed by atoms with Crippen LogP contribution in [0.15, 0.2) is 88.8 Å². The van der Waals surface area contributed by atoms with Crippen LogP contribution < -0.4 is 5.56 Å². The fraction of sp³-hybridized carbons (Fsp3) is 0.125. The second-order valence-electron chi connectivity index (χ2n) is 6.74. The summed E-state index contributed by atoms with van der Waals surface area (Å²) in [5, 5.41) is 0.848. The Morgan fingerprint density at radius 2 is 1.63 bits per heavy atom. The van der Waals surface area contributed by atoms with Gasteiger partial charge in [-0.05, 0) is 30.7 Å². The molecule has 0 aliphatic rings. The first-order valence-electron chi connectivity index (χ1n) is 9.63. The number of para-hydroxylation sites is 2. The lowest BCUT2D eigenvalue weighted by molar-refractivity contribution is 0.0982. The topological polar surface area (TPSA) is 52.0 Å². The van der Waals surface area contributed by atoms with Gasteiger partial charge in [-0.2, -0.15) is 0 Å². The molecule has 0 spiro atoms. The summed E-state index contributed by atoms with van der Waals surface area (Å²) in [5.41, 5.74) is 1.12. The number of carbonyl (C=O) groups is 1. The zero-order chi connectivity index (χ0) is 20.9. The summed E-state index contributed by atoms with van der Waals surface area (Å²) >= 11 is 1.35. The number of halogens is 1. The molecule has 4 rings (SSSR count). The van der Waals surface area contributed by atoms with E-state index in [1.807, 2.05) is 24.3 Å². The van der Waals surface area contributed by atoms with E-state index in [-0.39, 0.29) is 17.0 Å². The minimum absolute atomic E-state index is 0.0779. The Morgan fingerprint density at radius 1 is 0.933 bits per heavy atom. The van der Waals surface area contributed by atoms with Crippen molar-refractivity contribution in [2.45, 2.75) is 18.0 Å². The molecular weight excluding hydrogens is 399 g/mol. The molecule has 0 bridgehead atoms. The van der Waals surface area contributed by atoms with Crippen molar-refractivity contribution < 1.29 is 9.18 Å². The van der Waals surface area contributed by atoms with Gasteiger partial charge in [-0.25, -0.2) is 9.37 Å². The van der Waals surface area contributed by atoms with E-state index in [1.54, 1.807) is 48.5 Å². The van der Waals surface area contributed by atoms with Gasteiger partial charge < -0.3 is 0 Å². The predicted octanol–water partition coefficient (Wildman–Crippen LogP) is 5.28. The van der Waals surface area contributed by atoms with Crippen molar-refractivity contribution in [1.82, 2.24) is 9.55 Å². The maximum absolute atomic E-state index is 14.5. The normalized spacial score (nSPS) is 11.0. The van der Waals surface area contributed by atoms with E-state index in [2.05, 4.69) is 4.98 Å². The monoisotopic (exact) mass is 418 g/mol. The van der Waals surface area contributed by atoms with Crippen LogP contribution in [0, 0.1) is 5.82 Å². The highest BCUT2D eigenvalue weighted by Gasteiger charge is 2.16. The van der Waals surface area contributed by atoms with Gasteiger partial charge in [0.25, 0.3) is 5.56 Å². The maximum Gasteiger partial charge on any atom is 0.266 e. The zero-order valence-electron chi connectivity index (χ0n) is 16.1. The zero-order valence-corrected chi connectivity index (χ0v) is 16.9. The first-order chi connectivity index (χ1) is 14.6. The van der Waals surface area contributed by atoms with Gasteiger partial charge in [0.05, 0.1) is 16.6 Å². The third kappa shape index (κ3) is 4.19. The lowest BCUT2D eigenvalue weighted by atomic mass is 10.1. The first kappa shape index (κ1) is 20.0. The van der Waals surface area contributed by atoms with Gasteiger partial charge in [0.1, 0.15) is 5.82 Å². The molecule has 0 aliphatic carbocycles. The van der Waals surface area contributed by atoms with E-state index in [1.165, 1.54) is 22.4 Å². The second kappa shape index (κ2) is 9.05. The number of aromatic nitrogens is 2. The molecule has 6 heteroatoms. The first-order valence-corrected chi connectivity index (χ1v) is 10.6. The molecule has 150 valence electrons. The Morgan fingerprint density at radius 3 is 2.43 bits per heavy atom. The highest BCUT2D eigenvalue weighted by Crippen LogP contribution is 2.24. The highest BCUT2D eigenvalue weighted by atomic mass is 32.2. The Bertz CT molecular complexity index is 1260. The van der Waals surface area contributed by atoms with Crippen LogP contribution in [0.5, 0.6) is 0 Å². The molecule has 0 unspecified atom stereocenters. The Kier molecular flexibility index (Phi) is 6.05. The fourth-order valence-corrected chi connectivity index (χ4v) is 4.16. The molecule has 0 atom stereocenters. The van der Waals surface area contributed by atoms with Crippen molar-refractivity contribution in [3.63, 3.8) is 0 Å². The lowest BCUT2D eigenvalue weighted by Crippen LogP contribution is -2.22. The molecular formula is C24H19FN2O2S. The van der Waals surface area contributed by atoms with E-state index >= 15 is 0 Å². The van der Waals surface area contributed by atoms with Crippen molar-refractivity contribution in [2.24, 2.45) is 0 Å². The van der Waals surface area contributed by atoms with E-state index < -0.39 is 5.82 Å². The highest BCUT2D eigenvalue weighted by molar-refractivity contribution is 7.99. The summed E-state index contributed by atoms with van der Waals surface area (Å²) in [7, 11) is 0. The molecule has 0 radical (unpaired) electrons. The van der Waals surface area contributed by atoms with Gasteiger partial charge in [-0.3, -0.25) is 14.2 Å². The number of ketones is 1. The molecule has 0 N–H and O–H groups in total. The number of hydrogen-bond acceptors (Lipinski definition) is 4. The number of thioether (sulfide) groups is 1. The average Bonchev–Trinajstić information content (AvgIpc) is 2.78. The summed E-state index contributed by atoms with van der Waals surface area (Å²) in [6.07, 6.45) is 1.02. The van der Waals surface area contributed by atoms with Crippen LogP contribution in [0.3, 0.4) is 0 Å². The van der Waals surface area contributed by atoms with Crippen molar-refractivity contribution in [3.05, 3.63) is 101 Å². The quantitative estimate of drug-likeness (QED) is 0.177. The molecule has 1 heterocycles. The minimum Gasteiger partial charge on any atom is -0.294 e. The number of Topliss-reactive ketones (excluding diaryl/α,β-unsaturated/α-hetero) is 1. The maximum atomic E-state index is 14.5. The molecule has 1 aromatic heterocycles. The molecule has 3 aromatic carbocycles. The molecule has 30 heavy (non-hydrogen) atoms. The Hall–Kier alpha value is -3.25. The van der Waals surface area contributed by atoms with E-state index in [4.69, 9.17) is 0 Å². The summed E-state index contributed by atoms with van der Waals surface area (Å²) < 4.78 is 15.8. The number of fused-ring (bicyclic) bond motifs is 1. The van der Waals surface area contributed by atoms with Gasteiger partial charge in [0.15, 0.2) is 10.9 Å². The molecule has 0 saturated carbocycles. The lowest BCUT2D eigenvalue weighted by Gasteiger charge is -2.13. The average molecular weight is 418 g/mol. The van der Waals surface area contributed by atoms with Crippen molar-refractivity contribution >= 4 is 28.4 Å².